The van der Waals surface area contributed by atoms with E-state index < -0.39 is 17.9 Å². The summed E-state index contributed by atoms with van der Waals surface area (Å²) in [5.41, 5.74) is 0.480. The molecular formula is C15H22FN3O2. The van der Waals surface area contributed by atoms with Gasteiger partial charge in [0.05, 0.1) is 12.6 Å². The number of carbonyl (C=O) groups is 1. The van der Waals surface area contributed by atoms with Crippen LogP contribution in [0.4, 0.5) is 9.18 Å². The Labute approximate surface area is 125 Å². The summed E-state index contributed by atoms with van der Waals surface area (Å²) in [6.07, 6.45) is 0.604. The molecule has 2 aliphatic heterocycles. The third-order valence-corrected chi connectivity index (χ3v) is 3.71. The van der Waals surface area contributed by atoms with Crippen LogP contribution in [-0.2, 0) is 4.74 Å². The van der Waals surface area contributed by atoms with Crippen LogP contribution in [0.5, 0.6) is 0 Å². The molecule has 6 heteroatoms. The molecular weight excluding hydrogens is 273 g/mol. The van der Waals surface area contributed by atoms with Gasteiger partial charge in [0.15, 0.2) is 0 Å². The zero-order valence-corrected chi connectivity index (χ0v) is 12.8. The van der Waals surface area contributed by atoms with E-state index in [0.29, 0.717) is 26.1 Å². The molecule has 2 saturated heterocycles. The normalized spacial score (nSPS) is 26.8. The van der Waals surface area contributed by atoms with Gasteiger partial charge in [-0.15, -0.1) is 0 Å². The summed E-state index contributed by atoms with van der Waals surface area (Å²) in [5.74, 6) is 0. The number of amides is 1. The second-order valence-corrected chi connectivity index (χ2v) is 6.64. The minimum Gasteiger partial charge on any atom is -0.444 e. The van der Waals surface area contributed by atoms with E-state index in [-0.39, 0.29) is 12.6 Å². The van der Waals surface area contributed by atoms with E-state index in [1.807, 2.05) is 11.0 Å². The molecule has 0 aromatic carbocycles. The average Bonchev–Trinajstić information content (AvgIpc) is 2.32. The molecule has 2 fully saturated rings. The fourth-order valence-electron chi connectivity index (χ4n) is 2.69. The molecule has 116 valence electrons. The number of piperidine rings is 1. The molecule has 0 spiro atoms. The molecule has 0 aromatic rings. The monoisotopic (exact) mass is 295 g/mol. The Morgan fingerprint density at radius 3 is 2.67 bits per heavy atom. The van der Waals surface area contributed by atoms with Crippen LogP contribution in [0.15, 0.2) is 11.6 Å². The Bertz CT molecular complexity index is 470. The number of hydrogen-bond acceptors (Lipinski definition) is 4. The zero-order valence-electron chi connectivity index (χ0n) is 12.8. The smallest absolute Gasteiger partial charge is 0.410 e. The Morgan fingerprint density at radius 2 is 2.14 bits per heavy atom. The molecule has 2 heterocycles. The number of allylic oxidation sites excluding steroid dienone is 1. The van der Waals surface area contributed by atoms with Gasteiger partial charge in [-0.1, -0.05) is 0 Å². The first-order chi connectivity index (χ1) is 9.80. The molecule has 0 N–H and O–H groups in total. The largest absolute Gasteiger partial charge is 0.444 e. The predicted octanol–water partition coefficient (Wildman–Crippen LogP) is 2.10. The van der Waals surface area contributed by atoms with Crippen LogP contribution in [0, 0.1) is 11.3 Å². The predicted molar refractivity (Wildman–Crippen MR) is 76.4 cm³/mol. The van der Waals surface area contributed by atoms with Crippen LogP contribution in [0.2, 0.25) is 0 Å². The first-order valence-electron chi connectivity index (χ1n) is 7.24. The van der Waals surface area contributed by atoms with Crippen molar-refractivity contribution in [3.05, 3.63) is 11.6 Å². The molecule has 0 aliphatic carbocycles. The van der Waals surface area contributed by atoms with E-state index in [1.54, 1.807) is 20.8 Å². The Hall–Kier alpha value is -1.61. The number of nitriles is 1. The summed E-state index contributed by atoms with van der Waals surface area (Å²) in [7, 11) is 0. The van der Waals surface area contributed by atoms with E-state index in [1.165, 1.54) is 11.0 Å². The molecule has 0 unspecified atom stereocenters. The molecule has 2 rings (SSSR count). The summed E-state index contributed by atoms with van der Waals surface area (Å²) in [5, 5.41) is 8.56. The summed E-state index contributed by atoms with van der Waals surface area (Å²) < 4.78 is 19.6. The quantitative estimate of drug-likeness (QED) is 0.695. The van der Waals surface area contributed by atoms with Gasteiger partial charge in [-0.2, -0.15) is 5.26 Å². The van der Waals surface area contributed by atoms with Gasteiger partial charge in [0.1, 0.15) is 11.8 Å². The first kappa shape index (κ1) is 15.8. The van der Waals surface area contributed by atoms with Gasteiger partial charge in [-0.3, -0.25) is 4.90 Å². The molecule has 2 atom stereocenters. The van der Waals surface area contributed by atoms with E-state index in [0.717, 1.165) is 5.57 Å². The fraction of sp³-hybridized carbons (Fsp3) is 0.733. The molecule has 2 aliphatic rings. The summed E-state index contributed by atoms with van der Waals surface area (Å²) in [6, 6.07) is 1.83. The summed E-state index contributed by atoms with van der Waals surface area (Å²) >= 11 is 0. The highest BCUT2D eigenvalue weighted by Crippen LogP contribution is 2.27. The molecule has 0 bridgehead atoms. The van der Waals surface area contributed by atoms with E-state index in [9.17, 15) is 9.18 Å². The van der Waals surface area contributed by atoms with E-state index >= 15 is 0 Å². The maximum atomic E-state index is 14.3. The molecule has 21 heavy (non-hydrogen) atoms. The van der Waals surface area contributed by atoms with Crippen molar-refractivity contribution in [2.75, 3.05) is 26.2 Å². The first-order valence-corrected chi connectivity index (χ1v) is 7.24. The number of alkyl halides is 1. The van der Waals surface area contributed by atoms with Gasteiger partial charge in [-0.25, -0.2) is 9.18 Å². The van der Waals surface area contributed by atoms with E-state index in [2.05, 4.69) is 0 Å². The number of hydrogen-bond donors (Lipinski definition) is 0. The topological polar surface area (TPSA) is 56.6 Å². The van der Waals surface area contributed by atoms with Crippen molar-refractivity contribution in [3.8, 4) is 6.07 Å². The highest BCUT2D eigenvalue weighted by atomic mass is 19.1. The highest BCUT2D eigenvalue weighted by molar-refractivity contribution is 5.68. The molecule has 0 aromatic heterocycles. The average molecular weight is 295 g/mol. The maximum absolute atomic E-state index is 14.3. The second kappa shape index (κ2) is 6.02. The highest BCUT2D eigenvalue weighted by Gasteiger charge is 2.39. The van der Waals surface area contributed by atoms with Crippen LogP contribution in [0.1, 0.15) is 27.2 Å². The summed E-state index contributed by atoms with van der Waals surface area (Å²) in [6.45, 7) is 7.30. The van der Waals surface area contributed by atoms with Gasteiger partial charge in [0.25, 0.3) is 0 Å². The van der Waals surface area contributed by atoms with Crippen LogP contribution in [-0.4, -0.2) is 59.9 Å². The van der Waals surface area contributed by atoms with Gasteiger partial charge in [0.2, 0.25) is 0 Å². The number of nitrogens with zero attached hydrogens (tertiary/aromatic N) is 3. The van der Waals surface area contributed by atoms with Crippen molar-refractivity contribution in [1.29, 1.82) is 5.26 Å². The van der Waals surface area contributed by atoms with Crippen molar-refractivity contribution in [2.24, 2.45) is 0 Å². The minimum atomic E-state index is -1.07. The summed E-state index contributed by atoms with van der Waals surface area (Å²) in [4.78, 5) is 15.4. The van der Waals surface area contributed by atoms with Gasteiger partial charge < -0.3 is 9.64 Å². The van der Waals surface area contributed by atoms with Crippen molar-refractivity contribution < 1.29 is 13.9 Å². The van der Waals surface area contributed by atoms with Crippen molar-refractivity contribution in [2.45, 2.75) is 45.0 Å². The number of halogens is 1. The molecule has 0 saturated carbocycles. The zero-order chi connectivity index (χ0) is 15.6. The number of rotatable bonds is 1. The third kappa shape index (κ3) is 3.94. The SMILES string of the molecule is CC(C)(C)OC(=O)N1CC[C@H](N2CC(=CC#N)C2)[C@H](F)C1. The Morgan fingerprint density at radius 1 is 1.48 bits per heavy atom. The number of ether oxygens (including phenoxy) is 1. The lowest BCUT2D eigenvalue weighted by molar-refractivity contribution is -0.00856. The molecule has 0 radical (unpaired) electrons. The minimum absolute atomic E-state index is 0.0768. The van der Waals surface area contributed by atoms with Crippen LogP contribution in [0.25, 0.3) is 0 Å². The van der Waals surface area contributed by atoms with Gasteiger partial charge in [0, 0.05) is 31.8 Å². The molecule has 1 amide bonds. The Kier molecular flexibility index (Phi) is 4.52. The van der Waals surface area contributed by atoms with Crippen LogP contribution >= 0.6 is 0 Å². The van der Waals surface area contributed by atoms with Crippen LogP contribution in [0.3, 0.4) is 0 Å². The molecule has 5 nitrogen and oxygen atoms in total. The maximum Gasteiger partial charge on any atom is 0.410 e. The fourth-order valence-corrected chi connectivity index (χ4v) is 2.69. The lowest BCUT2D eigenvalue weighted by atomic mass is 9.96. The van der Waals surface area contributed by atoms with Crippen molar-refractivity contribution >= 4 is 6.09 Å². The van der Waals surface area contributed by atoms with E-state index in [4.69, 9.17) is 10.00 Å². The standard InChI is InChI=1S/C15H22FN3O2/c1-15(2,3)21-14(20)18-7-5-13(12(16)10-18)19-8-11(9-19)4-6-17/h4,12-13H,5,7-10H2,1-3H3/t12-,13+/m1/s1. The lowest BCUT2D eigenvalue weighted by Crippen LogP contribution is -2.58. The second-order valence-electron chi connectivity index (χ2n) is 6.64. The van der Waals surface area contributed by atoms with Crippen LogP contribution < -0.4 is 0 Å². The lowest BCUT2D eigenvalue weighted by Gasteiger charge is -2.45. The number of likely N-dealkylation sites (tertiary alicyclic amines) is 2. The third-order valence-electron chi connectivity index (χ3n) is 3.71. The van der Waals surface area contributed by atoms with Crippen molar-refractivity contribution in [1.82, 2.24) is 9.80 Å². The Balaban J connectivity index is 1.84. The van der Waals surface area contributed by atoms with Gasteiger partial charge in [-0.05, 0) is 32.8 Å². The van der Waals surface area contributed by atoms with Gasteiger partial charge >= 0.3 is 6.09 Å². The van der Waals surface area contributed by atoms with Crippen molar-refractivity contribution in [3.63, 3.8) is 0 Å². The number of carbonyl (C=O) groups excluding carboxylic acids is 1.